The molecule has 0 saturated carbocycles. The van der Waals surface area contributed by atoms with Crippen molar-refractivity contribution in [3.63, 3.8) is 0 Å². The van der Waals surface area contributed by atoms with E-state index < -0.39 is 0 Å². The highest BCUT2D eigenvalue weighted by Crippen LogP contribution is 2.31. The van der Waals surface area contributed by atoms with Crippen molar-refractivity contribution in [2.45, 2.75) is 0 Å². The highest BCUT2D eigenvalue weighted by atomic mass is 32.1. The van der Waals surface area contributed by atoms with Crippen LogP contribution in [0.3, 0.4) is 0 Å². The summed E-state index contributed by atoms with van der Waals surface area (Å²) in [6.07, 6.45) is 0. The molecule has 14 heavy (non-hydrogen) atoms. The Kier molecular flexibility index (Phi) is 1.85. The van der Waals surface area contributed by atoms with Crippen molar-refractivity contribution in [1.29, 1.82) is 10.5 Å². The smallest absolute Gasteiger partial charge is 0.101 e. The van der Waals surface area contributed by atoms with Gasteiger partial charge in [-0.25, -0.2) is 0 Å². The number of fused-ring (bicyclic) bond motifs is 1. The van der Waals surface area contributed by atoms with E-state index in [0.717, 1.165) is 10.1 Å². The number of hydrogen-bond acceptors (Lipinski definition) is 4. The molecular weight excluding hydrogens is 194 g/mol. The van der Waals surface area contributed by atoms with E-state index in [1.54, 1.807) is 6.07 Å². The molecule has 4 heteroatoms. The van der Waals surface area contributed by atoms with Gasteiger partial charge in [-0.2, -0.15) is 10.5 Å². The van der Waals surface area contributed by atoms with Crippen LogP contribution in [0, 0.1) is 22.7 Å². The van der Waals surface area contributed by atoms with Gasteiger partial charge in [-0.15, -0.1) is 11.3 Å². The van der Waals surface area contributed by atoms with Crippen LogP contribution in [0.2, 0.25) is 0 Å². The quantitative estimate of drug-likeness (QED) is 0.661. The third-order valence-electron chi connectivity index (χ3n) is 2.00. The van der Waals surface area contributed by atoms with Crippen molar-refractivity contribution < 1.29 is 0 Å². The number of nitriles is 2. The fraction of sp³-hybridized carbons (Fsp3) is 0. The normalized spacial score (nSPS) is 9.57. The van der Waals surface area contributed by atoms with Crippen molar-refractivity contribution in [2.24, 2.45) is 0 Å². The Morgan fingerprint density at radius 2 is 2.07 bits per heavy atom. The predicted molar refractivity (Wildman–Crippen MR) is 55.7 cm³/mol. The lowest BCUT2D eigenvalue weighted by Gasteiger charge is -2.00. The van der Waals surface area contributed by atoms with Gasteiger partial charge >= 0.3 is 0 Å². The standard InChI is InChI=1S/C10H5N3S/c11-4-6-3-9(13)10-7(1-2-14-10)8(6)5-12/h1-3H,13H2. The van der Waals surface area contributed by atoms with Gasteiger partial charge in [-0.3, -0.25) is 0 Å². The number of anilines is 1. The van der Waals surface area contributed by atoms with Crippen LogP contribution in [0.5, 0.6) is 0 Å². The summed E-state index contributed by atoms with van der Waals surface area (Å²) in [7, 11) is 0. The van der Waals surface area contributed by atoms with Gasteiger partial charge in [0.05, 0.1) is 21.5 Å². The summed E-state index contributed by atoms with van der Waals surface area (Å²) < 4.78 is 0.876. The summed E-state index contributed by atoms with van der Waals surface area (Å²) in [5.74, 6) is 0. The monoisotopic (exact) mass is 199 g/mol. The van der Waals surface area contributed by atoms with Crippen molar-refractivity contribution in [3.8, 4) is 12.1 Å². The molecule has 0 radical (unpaired) electrons. The van der Waals surface area contributed by atoms with Gasteiger partial charge < -0.3 is 5.73 Å². The third kappa shape index (κ3) is 1.02. The second-order valence-corrected chi connectivity index (χ2v) is 3.69. The Morgan fingerprint density at radius 3 is 2.71 bits per heavy atom. The number of nitrogens with two attached hydrogens (primary N) is 1. The first kappa shape index (κ1) is 8.55. The van der Waals surface area contributed by atoms with Crippen molar-refractivity contribution in [3.05, 3.63) is 28.6 Å². The first-order valence-electron chi connectivity index (χ1n) is 3.88. The van der Waals surface area contributed by atoms with E-state index in [1.807, 2.05) is 23.6 Å². The molecule has 0 aliphatic rings. The van der Waals surface area contributed by atoms with E-state index in [4.69, 9.17) is 16.3 Å². The maximum atomic E-state index is 8.92. The number of thiophene rings is 1. The van der Waals surface area contributed by atoms with Gasteiger partial charge in [0.15, 0.2) is 0 Å². The largest absolute Gasteiger partial charge is 0.398 e. The van der Waals surface area contributed by atoms with E-state index in [0.29, 0.717) is 16.8 Å². The molecule has 0 fully saturated rings. The van der Waals surface area contributed by atoms with Crippen molar-refractivity contribution in [2.75, 3.05) is 5.73 Å². The molecule has 3 nitrogen and oxygen atoms in total. The molecule has 0 spiro atoms. The second-order valence-electron chi connectivity index (χ2n) is 2.78. The van der Waals surface area contributed by atoms with Crippen LogP contribution in [0.1, 0.15) is 11.1 Å². The van der Waals surface area contributed by atoms with Crippen LogP contribution >= 0.6 is 11.3 Å². The lowest BCUT2D eigenvalue weighted by Crippen LogP contribution is -1.90. The van der Waals surface area contributed by atoms with Crippen molar-refractivity contribution in [1.82, 2.24) is 0 Å². The molecule has 1 aromatic heterocycles. The summed E-state index contributed by atoms with van der Waals surface area (Å²) in [5.41, 5.74) is 7.07. The van der Waals surface area contributed by atoms with Gasteiger partial charge in [0, 0.05) is 5.39 Å². The van der Waals surface area contributed by atoms with Gasteiger partial charge in [0.2, 0.25) is 0 Å². The summed E-state index contributed by atoms with van der Waals surface area (Å²) in [6, 6.07) is 7.37. The lowest BCUT2D eigenvalue weighted by molar-refractivity contribution is 1.46. The average Bonchev–Trinajstić information content (AvgIpc) is 2.66. The van der Waals surface area contributed by atoms with Crippen LogP contribution in [0.25, 0.3) is 10.1 Å². The summed E-state index contributed by atoms with van der Waals surface area (Å²) >= 11 is 1.48. The molecule has 2 rings (SSSR count). The minimum Gasteiger partial charge on any atom is -0.398 e. The van der Waals surface area contributed by atoms with Crippen molar-refractivity contribution >= 4 is 27.1 Å². The molecule has 0 unspecified atom stereocenters. The molecule has 0 saturated heterocycles. The zero-order valence-corrected chi connectivity index (χ0v) is 7.93. The average molecular weight is 199 g/mol. The highest BCUT2D eigenvalue weighted by molar-refractivity contribution is 7.17. The molecule has 66 valence electrons. The molecular formula is C10H5N3S. The van der Waals surface area contributed by atoms with Gasteiger partial charge in [-0.05, 0) is 17.5 Å². The molecule has 0 atom stereocenters. The fourth-order valence-electron chi connectivity index (χ4n) is 1.38. The summed E-state index contributed by atoms with van der Waals surface area (Å²) in [4.78, 5) is 0. The number of benzene rings is 1. The number of rotatable bonds is 0. The van der Waals surface area contributed by atoms with Crippen LogP contribution in [-0.4, -0.2) is 0 Å². The molecule has 1 heterocycles. The molecule has 2 aromatic rings. The number of nitrogens with zero attached hydrogens (tertiary/aromatic N) is 2. The summed E-state index contributed by atoms with van der Waals surface area (Å²) in [5, 5.41) is 20.4. The Labute approximate surface area is 84.6 Å². The topological polar surface area (TPSA) is 73.6 Å². The fourth-order valence-corrected chi connectivity index (χ4v) is 2.21. The molecule has 0 aliphatic heterocycles. The maximum absolute atomic E-state index is 8.92. The van der Waals surface area contributed by atoms with E-state index in [9.17, 15) is 0 Å². The SMILES string of the molecule is N#Cc1cc(N)c2sccc2c1C#N. The van der Waals surface area contributed by atoms with E-state index in [-0.39, 0.29) is 0 Å². The first-order chi connectivity index (χ1) is 6.77. The minimum atomic E-state index is 0.343. The molecule has 0 amide bonds. The number of hydrogen-bond donors (Lipinski definition) is 1. The Bertz CT molecular complexity index is 584. The summed E-state index contributed by atoms with van der Waals surface area (Å²) in [6.45, 7) is 0. The van der Waals surface area contributed by atoms with E-state index in [2.05, 4.69) is 0 Å². The second kappa shape index (κ2) is 3.02. The van der Waals surface area contributed by atoms with Crippen LogP contribution in [0.4, 0.5) is 5.69 Å². The molecule has 1 aromatic carbocycles. The van der Waals surface area contributed by atoms with E-state index >= 15 is 0 Å². The molecule has 0 aliphatic carbocycles. The Morgan fingerprint density at radius 1 is 1.29 bits per heavy atom. The zero-order chi connectivity index (χ0) is 10.1. The van der Waals surface area contributed by atoms with Crippen LogP contribution < -0.4 is 5.73 Å². The van der Waals surface area contributed by atoms with Gasteiger partial charge in [-0.1, -0.05) is 0 Å². The van der Waals surface area contributed by atoms with Crippen LogP contribution in [0.15, 0.2) is 17.5 Å². The lowest BCUT2D eigenvalue weighted by atomic mass is 10.0. The molecule has 0 bridgehead atoms. The zero-order valence-electron chi connectivity index (χ0n) is 7.11. The molecule has 2 N–H and O–H groups in total. The Balaban J connectivity index is 3.00. The Hall–Kier alpha value is -2.04. The maximum Gasteiger partial charge on any atom is 0.101 e. The highest BCUT2D eigenvalue weighted by Gasteiger charge is 2.10. The van der Waals surface area contributed by atoms with Gasteiger partial charge in [0.25, 0.3) is 0 Å². The minimum absolute atomic E-state index is 0.343. The number of nitrogen functional groups attached to an aromatic ring is 1. The van der Waals surface area contributed by atoms with E-state index in [1.165, 1.54) is 11.3 Å². The van der Waals surface area contributed by atoms with Gasteiger partial charge in [0.1, 0.15) is 12.1 Å². The third-order valence-corrected chi connectivity index (χ3v) is 2.96. The van der Waals surface area contributed by atoms with Crippen LogP contribution in [-0.2, 0) is 0 Å². The predicted octanol–water partition coefficient (Wildman–Crippen LogP) is 2.23. The first-order valence-corrected chi connectivity index (χ1v) is 4.75.